The van der Waals surface area contributed by atoms with Gasteiger partial charge >= 0.3 is 18.1 Å². The fourth-order valence-corrected chi connectivity index (χ4v) is 9.03. The number of methoxy groups -OCH3 is 1. The molecule has 1 aromatic carbocycles. The number of ketones is 2. The summed E-state index contributed by atoms with van der Waals surface area (Å²) in [6.45, 7) is 4.62. The van der Waals surface area contributed by atoms with Crippen LogP contribution in [-0.4, -0.2) is 89.2 Å². The summed E-state index contributed by atoms with van der Waals surface area (Å²) < 4.78 is 27.1. The van der Waals surface area contributed by atoms with Crippen molar-refractivity contribution in [3.63, 3.8) is 0 Å². The van der Waals surface area contributed by atoms with Gasteiger partial charge < -0.3 is 28.8 Å². The van der Waals surface area contributed by atoms with Gasteiger partial charge in [-0.05, 0) is 87.6 Å². The molecule has 0 unspecified atom stereocenters. The number of ether oxygens (including phenoxy) is 5. The number of aliphatic hydroxyl groups excluding tert-OH is 1. The molecular weight excluding hydrogens is 670 g/mol. The summed E-state index contributed by atoms with van der Waals surface area (Å²) in [5.74, 6) is -2.60. The standard InChI is InChI=1S/C36H45NO14/c1-5-47-33(43)51-36(15-13-25-24-10-9-22-18-23(38)12-14-34(22,2)31(24)26(39)19-35(25,36)3)29(40)20-48-32(42)21-8-11-27(28(17-21)46-4)50-30(41)7-6-16-49-37(44)45/h8,11-12,14,17-18,24-26,31,39,44-45H,5-7,9-10,13,15-16,19-20H2,1-4H3/t24-,25-,26-,31+,34-,35-,36-/m0/s1. The van der Waals surface area contributed by atoms with Crippen LogP contribution in [-0.2, 0) is 33.4 Å². The fraction of sp³-hybridized carbons (Fsp3) is 0.583. The molecule has 0 bridgehead atoms. The number of Topliss-reactive ketones (excluding diaryl/α,β-unsaturated/α-hetero) is 1. The summed E-state index contributed by atoms with van der Waals surface area (Å²) >= 11 is 0. The van der Waals surface area contributed by atoms with Crippen molar-refractivity contribution in [2.24, 2.45) is 28.6 Å². The molecule has 278 valence electrons. The molecular formula is C36H45NO14. The SMILES string of the molecule is CCOC(=O)O[C@]1(C(=O)COC(=O)c2ccc(OC(=O)CCCON(O)O)c(OC)c2)CC[C@H]2[C@@H]3CCC4=CC(=O)C=C[C@]4(C)[C@H]3[C@@H](O)C[C@@]21C. The topological polar surface area (TPSA) is 205 Å². The van der Waals surface area contributed by atoms with E-state index in [1.807, 2.05) is 19.9 Å². The molecule has 3 saturated carbocycles. The molecule has 0 saturated heterocycles. The number of aliphatic hydroxyl groups is 1. The molecule has 0 aromatic heterocycles. The molecule has 3 fully saturated rings. The Kier molecular flexibility index (Phi) is 11.4. The molecule has 0 radical (unpaired) electrons. The van der Waals surface area contributed by atoms with Gasteiger partial charge in [-0.2, -0.15) is 0 Å². The minimum Gasteiger partial charge on any atom is -0.493 e. The van der Waals surface area contributed by atoms with E-state index in [9.17, 15) is 29.1 Å². The van der Waals surface area contributed by atoms with Gasteiger partial charge in [-0.25, -0.2) is 9.59 Å². The van der Waals surface area contributed by atoms with Crippen molar-refractivity contribution in [2.45, 2.75) is 77.4 Å². The summed E-state index contributed by atoms with van der Waals surface area (Å²) in [4.78, 5) is 69.2. The number of hydrogen-bond donors (Lipinski definition) is 3. The van der Waals surface area contributed by atoms with Crippen LogP contribution in [0.15, 0.2) is 42.0 Å². The third-order valence-corrected chi connectivity index (χ3v) is 11.3. The van der Waals surface area contributed by atoms with Gasteiger partial charge in [0.15, 0.2) is 29.5 Å². The average molecular weight is 716 g/mol. The molecule has 7 atom stereocenters. The number of allylic oxidation sites excluding steroid dienone is 4. The monoisotopic (exact) mass is 715 g/mol. The number of hydrogen-bond acceptors (Lipinski definition) is 15. The molecule has 15 nitrogen and oxygen atoms in total. The molecule has 0 spiro atoms. The molecule has 4 aliphatic rings. The Bertz CT molecular complexity index is 1600. The molecule has 51 heavy (non-hydrogen) atoms. The second-order valence-corrected chi connectivity index (χ2v) is 13.9. The van der Waals surface area contributed by atoms with Gasteiger partial charge in [0, 0.05) is 23.2 Å². The Balaban J connectivity index is 1.32. The van der Waals surface area contributed by atoms with E-state index in [1.54, 1.807) is 19.1 Å². The minimum absolute atomic E-state index is 0.0102. The largest absolute Gasteiger partial charge is 0.509 e. The van der Waals surface area contributed by atoms with Crippen LogP contribution in [0, 0.1) is 28.6 Å². The van der Waals surface area contributed by atoms with Crippen molar-refractivity contribution >= 4 is 29.7 Å². The van der Waals surface area contributed by atoms with Crippen molar-refractivity contribution in [1.82, 2.24) is 5.39 Å². The number of fused-ring (bicyclic) bond motifs is 5. The molecule has 4 aliphatic carbocycles. The summed E-state index contributed by atoms with van der Waals surface area (Å²) in [5, 5.41) is 28.5. The first-order chi connectivity index (χ1) is 24.2. The number of nitrogens with zero attached hydrogens (tertiary/aromatic N) is 1. The Morgan fingerprint density at radius 3 is 2.53 bits per heavy atom. The minimum atomic E-state index is -1.75. The quantitative estimate of drug-likeness (QED) is 0.113. The van der Waals surface area contributed by atoms with Crippen LogP contribution in [0.1, 0.15) is 76.1 Å². The van der Waals surface area contributed by atoms with Gasteiger partial charge in [0.25, 0.3) is 0 Å². The van der Waals surface area contributed by atoms with Crippen LogP contribution < -0.4 is 9.47 Å². The lowest BCUT2D eigenvalue weighted by atomic mass is 9.46. The summed E-state index contributed by atoms with van der Waals surface area (Å²) in [6.07, 6.45) is 5.34. The number of rotatable bonds is 13. The molecule has 5 rings (SSSR count). The summed E-state index contributed by atoms with van der Waals surface area (Å²) in [5.41, 5.74) is -2.33. The lowest BCUT2D eigenvalue weighted by Crippen LogP contribution is -2.63. The average Bonchev–Trinajstić information content (AvgIpc) is 3.37. The second kappa shape index (κ2) is 15.2. The smallest absolute Gasteiger partial charge is 0.493 e. The van der Waals surface area contributed by atoms with E-state index >= 15 is 0 Å². The maximum Gasteiger partial charge on any atom is 0.509 e. The van der Waals surface area contributed by atoms with Crippen LogP contribution in [0.5, 0.6) is 11.5 Å². The first-order valence-corrected chi connectivity index (χ1v) is 17.1. The van der Waals surface area contributed by atoms with Crippen LogP contribution in [0.2, 0.25) is 0 Å². The lowest BCUT2D eigenvalue weighted by molar-refractivity contribution is -0.492. The van der Waals surface area contributed by atoms with Crippen molar-refractivity contribution in [1.29, 1.82) is 0 Å². The van der Waals surface area contributed by atoms with E-state index in [0.29, 0.717) is 19.3 Å². The highest BCUT2D eigenvalue weighted by molar-refractivity contribution is 6.01. The molecule has 3 N–H and O–H groups in total. The van der Waals surface area contributed by atoms with E-state index < -0.39 is 58.4 Å². The van der Waals surface area contributed by atoms with E-state index in [2.05, 4.69) is 4.84 Å². The zero-order chi connectivity index (χ0) is 37.1. The van der Waals surface area contributed by atoms with Gasteiger partial charge in [-0.1, -0.05) is 25.5 Å². The molecule has 0 amide bonds. The Morgan fingerprint density at radius 1 is 1.06 bits per heavy atom. The number of benzene rings is 1. The summed E-state index contributed by atoms with van der Waals surface area (Å²) in [6, 6.07) is 3.93. The van der Waals surface area contributed by atoms with Gasteiger partial charge in [0.1, 0.15) is 0 Å². The molecule has 15 heteroatoms. The van der Waals surface area contributed by atoms with E-state index in [0.717, 1.165) is 5.57 Å². The van der Waals surface area contributed by atoms with Gasteiger partial charge in [-0.15, -0.1) is 0 Å². The van der Waals surface area contributed by atoms with E-state index in [1.165, 1.54) is 25.3 Å². The lowest BCUT2D eigenvalue weighted by Gasteiger charge is -2.59. The highest BCUT2D eigenvalue weighted by atomic mass is 17.1. The van der Waals surface area contributed by atoms with Crippen LogP contribution in [0.25, 0.3) is 0 Å². The van der Waals surface area contributed by atoms with E-state index in [4.69, 9.17) is 34.1 Å². The van der Waals surface area contributed by atoms with Crippen molar-refractivity contribution in [3.05, 3.63) is 47.6 Å². The zero-order valence-electron chi connectivity index (χ0n) is 29.1. The van der Waals surface area contributed by atoms with Crippen LogP contribution in [0.3, 0.4) is 0 Å². The van der Waals surface area contributed by atoms with Crippen LogP contribution >= 0.6 is 0 Å². The highest BCUT2D eigenvalue weighted by Crippen LogP contribution is 2.68. The first-order valence-electron chi connectivity index (χ1n) is 17.1. The summed E-state index contributed by atoms with van der Waals surface area (Å²) in [7, 11) is 1.31. The van der Waals surface area contributed by atoms with Crippen molar-refractivity contribution in [3.8, 4) is 11.5 Å². The Labute approximate surface area is 294 Å². The zero-order valence-corrected chi connectivity index (χ0v) is 29.1. The molecule has 0 heterocycles. The predicted octanol–water partition coefficient (Wildman–Crippen LogP) is 4.31. The second-order valence-electron chi connectivity index (χ2n) is 13.9. The maximum atomic E-state index is 14.3. The van der Waals surface area contributed by atoms with E-state index in [-0.39, 0.29) is 79.5 Å². The third kappa shape index (κ3) is 7.31. The van der Waals surface area contributed by atoms with Crippen LogP contribution in [0.4, 0.5) is 4.79 Å². The number of carbonyl (C=O) groups is 5. The Hall–Kier alpha value is -4.15. The van der Waals surface area contributed by atoms with Gasteiger partial charge in [-0.3, -0.25) is 29.6 Å². The number of carbonyl (C=O) groups excluding carboxylic acids is 5. The van der Waals surface area contributed by atoms with Gasteiger partial charge in [0.05, 0.1) is 37.4 Å². The Morgan fingerprint density at radius 2 is 1.82 bits per heavy atom. The normalized spacial score (nSPS) is 30.7. The molecule has 1 aromatic rings. The predicted molar refractivity (Wildman–Crippen MR) is 173 cm³/mol. The highest BCUT2D eigenvalue weighted by Gasteiger charge is 2.70. The first kappa shape index (κ1) is 38.1. The maximum absolute atomic E-state index is 14.3. The van der Waals surface area contributed by atoms with Gasteiger partial charge in [0.2, 0.25) is 5.78 Å². The fourth-order valence-electron chi connectivity index (χ4n) is 9.03. The number of esters is 2. The molecule has 0 aliphatic heterocycles. The van der Waals surface area contributed by atoms with Crippen molar-refractivity contribution < 1.29 is 68.0 Å². The van der Waals surface area contributed by atoms with Crippen molar-refractivity contribution in [2.75, 3.05) is 26.9 Å². The third-order valence-electron chi connectivity index (χ3n) is 11.3.